The van der Waals surface area contributed by atoms with Crippen molar-refractivity contribution in [1.82, 2.24) is 10.3 Å². The van der Waals surface area contributed by atoms with Crippen LogP contribution in [0.2, 0.25) is 0 Å². The van der Waals surface area contributed by atoms with Crippen molar-refractivity contribution < 1.29 is 14.7 Å². The molecular weight excluding hydrogens is 186 g/mol. The lowest BCUT2D eigenvalue weighted by molar-refractivity contribution is -0.117. The Labute approximate surface area is 79.8 Å². The van der Waals surface area contributed by atoms with Gasteiger partial charge in [0.2, 0.25) is 5.91 Å². The van der Waals surface area contributed by atoms with Gasteiger partial charge in [-0.1, -0.05) is 0 Å². The fourth-order valence-electron chi connectivity index (χ4n) is 0.821. The lowest BCUT2D eigenvalue weighted by atomic mass is 10.2. The number of hydrogen-bond donors (Lipinski definition) is 3. The quantitative estimate of drug-likeness (QED) is 0.575. The van der Waals surface area contributed by atoms with Gasteiger partial charge in [-0.25, -0.2) is 0 Å². The third-order valence-electron chi connectivity index (χ3n) is 1.41. The average Bonchev–Trinajstić information content (AvgIpc) is 2.14. The maximum atomic E-state index is 11.2. The molecule has 6 heteroatoms. The van der Waals surface area contributed by atoms with Crippen molar-refractivity contribution in [3.8, 4) is 5.75 Å². The Morgan fingerprint density at radius 3 is 2.79 bits per heavy atom. The largest absolute Gasteiger partial charge is 0.506 e. The maximum absolute atomic E-state index is 11.2. The minimum absolute atomic E-state index is 0.114. The summed E-state index contributed by atoms with van der Waals surface area (Å²) < 4.78 is 0. The highest BCUT2D eigenvalue weighted by Crippen LogP contribution is 2.07. The van der Waals surface area contributed by atoms with Crippen LogP contribution in [0.5, 0.6) is 5.75 Å². The first-order valence-electron chi connectivity index (χ1n) is 3.80. The lowest BCUT2D eigenvalue weighted by Gasteiger charge is -2.01. The molecule has 1 aromatic heterocycles. The van der Waals surface area contributed by atoms with Gasteiger partial charge < -0.3 is 16.2 Å². The average molecular weight is 195 g/mol. The van der Waals surface area contributed by atoms with E-state index in [9.17, 15) is 9.59 Å². The van der Waals surface area contributed by atoms with Crippen molar-refractivity contribution in [1.29, 1.82) is 0 Å². The molecule has 0 saturated carbocycles. The van der Waals surface area contributed by atoms with E-state index in [2.05, 4.69) is 10.3 Å². The van der Waals surface area contributed by atoms with E-state index in [0.717, 1.165) is 0 Å². The number of nitrogens with two attached hydrogens (primary N) is 1. The van der Waals surface area contributed by atoms with Gasteiger partial charge in [0.1, 0.15) is 5.75 Å². The third kappa shape index (κ3) is 2.74. The van der Waals surface area contributed by atoms with Crippen LogP contribution in [0.1, 0.15) is 10.4 Å². The number of nitrogens with one attached hydrogen (secondary N) is 1. The van der Waals surface area contributed by atoms with E-state index in [1.54, 1.807) is 0 Å². The van der Waals surface area contributed by atoms with Gasteiger partial charge in [0.25, 0.3) is 5.91 Å². The monoisotopic (exact) mass is 195 g/mol. The zero-order chi connectivity index (χ0) is 10.6. The summed E-state index contributed by atoms with van der Waals surface area (Å²) in [5.74, 6) is -1.25. The summed E-state index contributed by atoms with van der Waals surface area (Å²) in [6, 6.07) is 1.24. The number of aromatic nitrogens is 1. The molecule has 74 valence electrons. The summed E-state index contributed by atoms with van der Waals surface area (Å²) in [4.78, 5) is 25.2. The van der Waals surface area contributed by atoms with Crippen LogP contribution in [0.3, 0.4) is 0 Å². The van der Waals surface area contributed by atoms with Crippen molar-refractivity contribution in [2.24, 2.45) is 5.73 Å². The molecule has 0 spiro atoms. The number of amides is 2. The molecule has 0 saturated heterocycles. The Morgan fingerprint density at radius 1 is 1.50 bits per heavy atom. The minimum Gasteiger partial charge on any atom is -0.506 e. The highest BCUT2D eigenvalue weighted by Gasteiger charge is 2.06. The van der Waals surface area contributed by atoms with Gasteiger partial charge in [-0.05, 0) is 6.07 Å². The van der Waals surface area contributed by atoms with Gasteiger partial charge in [-0.15, -0.1) is 0 Å². The van der Waals surface area contributed by atoms with Crippen LogP contribution in [0.15, 0.2) is 18.5 Å². The van der Waals surface area contributed by atoms with E-state index < -0.39 is 11.8 Å². The molecule has 1 aromatic rings. The van der Waals surface area contributed by atoms with E-state index in [4.69, 9.17) is 10.8 Å². The fourth-order valence-corrected chi connectivity index (χ4v) is 0.821. The van der Waals surface area contributed by atoms with Gasteiger partial charge in [0.05, 0.1) is 18.3 Å². The highest BCUT2D eigenvalue weighted by molar-refractivity contribution is 5.96. The van der Waals surface area contributed by atoms with Crippen LogP contribution in [0, 0.1) is 0 Å². The summed E-state index contributed by atoms with van der Waals surface area (Å²) in [5, 5.41) is 11.3. The summed E-state index contributed by atoms with van der Waals surface area (Å²) >= 11 is 0. The van der Waals surface area contributed by atoms with E-state index in [0.29, 0.717) is 0 Å². The molecule has 2 amide bonds. The van der Waals surface area contributed by atoms with E-state index in [-0.39, 0.29) is 17.9 Å². The third-order valence-corrected chi connectivity index (χ3v) is 1.41. The second-order valence-corrected chi connectivity index (χ2v) is 2.58. The number of carbonyl (C=O) groups is 2. The van der Waals surface area contributed by atoms with Crippen molar-refractivity contribution >= 4 is 11.8 Å². The molecule has 1 rings (SSSR count). The summed E-state index contributed by atoms with van der Waals surface area (Å²) in [5.41, 5.74) is 5.00. The predicted molar refractivity (Wildman–Crippen MR) is 47.4 cm³/mol. The number of carbonyl (C=O) groups excluding carboxylic acids is 2. The molecule has 6 nitrogen and oxygen atoms in total. The first-order chi connectivity index (χ1) is 6.59. The molecule has 0 atom stereocenters. The standard InChI is InChI=1S/C8H9N3O3/c9-7(13)4-11-8(14)5-1-6(12)3-10-2-5/h1-3,12H,4H2,(H2,9,13)(H,11,14). The molecule has 0 aliphatic heterocycles. The Kier molecular flexibility index (Phi) is 3.01. The van der Waals surface area contributed by atoms with Gasteiger partial charge in [-0.3, -0.25) is 14.6 Å². The van der Waals surface area contributed by atoms with E-state index in [1.165, 1.54) is 18.5 Å². The van der Waals surface area contributed by atoms with Gasteiger partial charge >= 0.3 is 0 Å². The second kappa shape index (κ2) is 4.22. The second-order valence-electron chi connectivity index (χ2n) is 2.58. The fraction of sp³-hybridized carbons (Fsp3) is 0.125. The van der Waals surface area contributed by atoms with Crippen molar-refractivity contribution in [2.75, 3.05) is 6.54 Å². The van der Waals surface area contributed by atoms with Crippen molar-refractivity contribution in [3.63, 3.8) is 0 Å². The molecule has 0 bridgehead atoms. The van der Waals surface area contributed by atoms with Crippen molar-refractivity contribution in [3.05, 3.63) is 24.0 Å². The summed E-state index contributed by atoms with van der Waals surface area (Å²) in [7, 11) is 0. The molecule has 14 heavy (non-hydrogen) atoms. The summed E-state index contributed by atoms with van der Waals surface area (Å²) in [6.07, 6.45) is 2.47. The zero-order valence-electron chi connectivity index (χ0n) is 7.23. The number of hydrogen-bond acceptors (Lipinski definition) is 4. The number of rotatable bonds is 3. The predicted octanol–water partition coefficient (Wildman–Crippen LogP) is -0.998. The minimum atomic E-state index is -0.633. The lowest BCUT2D eigenvalue weighted by Crippen LogP contribution is -2.33. The van der Waals surface area contributed by atoms with Crippen LogP contribution in [0.4, 0.5) is 0 Å². The number of primary amides is 1. The Morgan fingerprint density at radius 2 is 2.21 bits per heavy atom. The first-order valence-corrected chi connectivity index (χ1v) is 3.80. The molecule has 4 N–H and O–H groups in total. The molecular formula is C8H9N3O3. The first kappa shape index (κ1) is 9.97. The molecule has 0 radical (unpaired) electrons. The van der Waals surface area contributed by atoms with E-state index >= 15 is 0 Å². The Hall–Kier alpha value is -2.11. The van der Waals surface area contributed by atoms with E-state index in [1.807, 2.05) is 0 Å². The molecule has 1 heterocycles. The molecule has 0 aromatic carbocycles. The Balaban J connectivity index is 2.65. The molecule has 0 fully saturated rings. The van der Waals surface area contributed by atoms with Crippen molar-refractivity contribution in [2.45, 2.75) is 0 Å². The SMILES string of the molecule is NC(=O)CNC(=O)c1cncc(O)c1. The summed E-state index contributed by atoms with van der Waals surface area (Å²) in [6.45, 7) is -0.242. The number of pyridine rings is 1. The molecule has 0 aliphatic carbocycles. The van der Waals surface area contributed by atoms with Crippen LogP contribution in [0.25, 0.3) is 0 Å². The Bertz CT molecular complexity index is 365. The maximum Gasteiger partial charge on any atom is 0.253 e. The zero-order valence-corrected chi connectivity index (χ0v) is 7.23. The smallest absolute Gasteiger partial charge is 0.253 e. The van der Waals surface area contributed by atoms with Gasteiger partial charge in [0.15, 0.2) is 0 Å². The van der Waals surface area contributed by atoms with Crippen LogP contribution < -0.4 is 11.1 Å². The van der Waals surface area contributed by atoms with Gasteiger partial charge in [0, 0.05) is 6.20 Å². The van der Waals surface area contributed by atoms with Crippen LogP contribution >= 0.6 is 0 Å². The molecule has 0 aliphatic rings. The molecule has 0 unspecified atom stereocenters. The highest BCUT2D eigenvalue weighted by atomic mass is 16.3. The normalized spacial score (nSPS) is 9.43. The van der Waals surface area contributed by atoms with Gasteiger partial charge in [-0.2, -0.15) is 0 Å². The number of aromatic hydroxyl groups is 1. The van der Waals surface area contributed by atoms with Crippen LogP contribution in [-0.2, 0) is 4.79 Å². The topological polar surface area (TPSA) is 105 Å². The number of nitrogens with zero attached hydrogens (tertiary/aromatic N) is 1. The van der Waals surface area contributed by atoms with Crippen LogP contribution in [-0.4, -0.2) is 28.4 Å².